The van der Waals surface area contributed by atoms with Gasteiger partial charge in [-0.05, 0) is 55.7 Å². The van der Waals surface area contributed by atoms with Crippen molar-refractivity contribution in [2.24, 2.45) is 0 Å². The van der Waals surface area contributed by atoms with Crippen LogP contribution in [0.5, 0.6) is 0 Å². The molecule has 29 heavy (non-hydrogen) atoms. The first-order valence-corrected chi connectivity index (χ1v) is 9.69. The van der Waals surface area contributed by atoms with Crippen molar-refractivity contribution >= 4 is 23.4 Å². The van der Waals surface area contributed by atoms with Crippen LogP contribution in [0.1, 0.15) is 39.1 Å². The van der Waals surface area contributed by atoms with Gasteiger partial charge in [-0.15, -0.1) is 0 Å². The van der Waals surface area contributed by atoms with E-state index in [9.17, 15) is 14.4 Å². The lowest BCUT2D eigenvalue weighted by atomic mass is 10.1. The molecule has 1 aliphatic rings. The van der Waals surface area contributed by atoms with E-state index in [-0.39, 0.29) is 23.8 Å². The van der Waals surface area contributed by atoms with Crippen LogP contribution in [-0.4, -0.2) is 43.5 Å². The summed E-state index contributed by atoms with van der Waals surface area (Å²) in [5.74, 6) is -0.569. The van der Waals surface area contributed by atoms with E-state index in [0.29, 0.717) is 36.5 Å². The molecule has 0 aromatic heterocycles. The lowest BCUT2D eigenvalue weighted by Gasteiger charge is -2.11. The molecule has 1 saturated heterocycles. The van der Waals surface area contributed by atoms with Gasteiger partial charge in [0.1, 0.15) is 6.10 Å². The van der Waals surface area contributed by atoms with Crippen LogP contribution in [0.2, 0.25) is 0 Å². The molecule has 0 aliphatic carbocycles. The number of ether oxygens (including phenoxy) is 1. The Morgan fingerprint density at radius 2 is 1.69 bits per heavy atom. The Labute approximate surface area is 169 Å². The number of benzene rings is 2. The maximum Gasteiger partial charge on any atom is 0.255 e. The van der Waals surface area contributed by atoms with Crippen molar-refractivity contribution in [3.8, 4) is 0 Å². The van der Waals surface area contributed by atoms with Crippen molar-refractivity contribution in [1.29, 1.82) is 0 Å². The topological polar surface area (TPSA) is 96.5 Å². The van der Waals surface area contributed by atoms with Crippen LogP contribution < -0.4 is 16.0 Å². The van der Waals surface area contributed by atoms with Gasteiger partial charge in [-0.25, -0.2) is 0 Å². The summed E-state index contributed by atoms with van der Waals surface area (Å²) >= 11 is 0. The average molecular weight is 395 g/mol. The molecule has 152 valence electrons. The predicted molar refractivity (Wildman–Crippen MR) is 110 cm³/mol. The monoisotopic (exact) mass is 395 g/mol. The fourth-order valence-corrected chi connectivity index (χ4v) is 3.09. The highest BCUT2D eigenvalue weighted by Gasteiger charge is 2.22. The molecule has 7 heteroatoms. The molecule has 1 fully saturated rings. The minimum absolute atomic E-state index is 0.134. The van der Waals surface area contributed by atoms with Gasteiger partial charge in [0.2, 0.25) is 5.91 Å². The minimum atomic E-state index is -0.367. The third-order valence-corrected chi connectivity index (χ3v) is 4.73. The lowest BCUT2D eigenvalue weighted by molar-refractivity contribution is -0.129. The van der Waals surface area contributed by atoms with E-state index >= 15 is 0 Å². The van der Waals surface area contributed by atoms with E-state index in [2.05, 4.69) is 16.0 Å². The summed E-state index contributed by atoms with van der Waals surface area (Å²) in [6.07, 6.45) is 1.27. The molecule has 2 aromatic carbocycles. The van der Waals surface area contributed by atoms with Crippen molar-refractivity contribution in [1.82, 2.24) is 10.6 Å². The second-order valence-corrected chi connectivity index (χ2v) is 6.89. The standard InChI is InChI=1S/C22H25N3O4/c1-15-5-2-3-6-18(15)21(27)25-17-10-8-16(9-11-17)20(26)23-12-13-24-22(28)19-7-4-14-29-19/h2-3,5-6,8-11,19H,4,7,12-14H2,1H3,(H,23,26)(H,24,28)(H,25,27). The molecule has 0 saturated carbocycles. The van der Waals surface area contributed by atoms with Gasteiger partial charge in [0, 0.05) is 36.5 Å². The lowest BCUT2D eigenvalue weighted by Crippen LogP contribution is -2.39. The number of amides is 3. The molecule has 0 spiro atoms. The summed E-state index contributed by atoms with van der Waals surface area (Å²) < 4.78 is 5.31. The van der Waals surface area contributed by atoms with Crippen molar-refractivity contribution in [3.63, 3.8) is 0 Å². The second-order valence-electron chi connectivity index (χ2n) is 6.89. The Bertz CT molecular complexity index is 874. The van der Waals surface area contributed by atoms with Crippen LogP contribution in [0.15, 0.2) is 48.5 Å². The molecule has 1 atom stereocenters. The van der Waals surface area contributed by atoms with Crippen LogP contribution in [0.4, 0.5) is 5.69 Å². The van der Waals surface area contributed by atoms with Crippen LogP contribution >= 0.6 is 0 Å². The zero-order chi connectivity index (χ0) is 20.6. The molecule has 1 aliphatic heterocycles. The van der Waals surface area contributed by atoms with Crippen molar-refractivity contribution in [2.75, 3.05) is 25.0 Å². The van der Waals surface area contributed by atoms with Gasteiger partial charge in [-0.2, -0.15) is 0 Å². The highest BCUT2D eigenvalue weighted by atomic mass is 16.5. The SMILES string of the molecule is Cc1ccccc1C(=O)Nc1ccc(C(=O)NCCNC(=O)C2CCCO2)cc1. The molecule has 0 radical (unpaired) electrons. The number of carbonyl (C=O) groups is 3. The molecule has 3 N–H and O–H groups in total. The third kappa shape index (κ3) is 5.65. The summed E-state index contributed by atoms with van der Waals surface area (Å²) in [5, 5.41) is 8.34. The summed E-state index contributed by atoms with van der Waals surface area (Å²) in [6.45, 7) is 3.17. The average Bonchev–Trinajstić information content (AvgIpc) is 3.27. The number of hydrogen-bond donors (Lipinski definition) is 3. The fourth-order valence-electron chi connectivity index (χ4n) is 3.09. The molecule has 0 bridgehead atoms. The first-order chi connectivity index (χ1) is 14.0. The predicted octanol–water partition coefficient (Wildman–Crippen LogP) is 2.27. The maximum atomic E-state index is 12.3. The number of hydrogen-bond acceptors (Lipinski definition) is 4. The highest BCUT2D eigenvalue weighted by molar-refractivity contribution is 6.05. The van der Waals surface area contributed by atoms with Gasteiger partial charge in [0.25, 0.3) is 11.8 Å². The molecule has 7 nitrogen and oxygen atoms in total. The van der Waals surface area contributed by atoms with Crippen LogP contribution in [0.25, 0.3) is 0 Å². The van der Waals surface area contributed by atoms with E-state index in [4.69, 9.17) is 4.74 Å². The van der Waals surface area contributed by atoms with Gasteiger partial charge in [0.05, 0.1) is 0 Å². The summed E-state index contributed by atoms with van der Waals surface area (Å²) in [5.41, 5.74) is 2.59. The molecule has 3 amide bonds. The van der Waals surface area contributed by atoms with E-state index in [1.54, 1.807) is 30.3 Å². The highest BCUT2D eigenvalue weighted by Crippen LogP contribution is 2.14. The zero-order valence-corrected chi connectivity index (χ0v) is 16.4. The van der Waals surface area contributed by atoms with Crippen LogP contribution in [0, 0.1) is 6.92 Å². The second kappa shape index (κ2) is 9.84. The number of carbonyl (C=O) groups excluding carboxylic acids is 3. The molecule has 1 unspecified atom stereocenters. The molecule has 2 aromatic rings. The van der Waals surface area contributed by atoms with Gasteiger partial charge in [-0.1, -0.05) is 18.2 Å². The molecular weight excluding hydrogens is 370 g/mol. The summed E-state index contributed by atoms with van der Waals surface area (Å²) in [7, 11) is 0. The molecular formula is C22H25N3O4. The van der Waals surface area contributed by atoms with E-state index in [1.165, 1.54) is 0 Å². The van der Waals surface area contributed by atoms with Crippen molar-refractivity contribution < 1.29 is 19.1 Å². The number of rotatable bonds is 7. The van der Waals surface area contributed by atoms with Gasteiger partial charge >= 0.3 is 0 Å². The van der Waals surface area contributed by atoms with E-state index in [1.807, 2.05) is 25.1 Å². The van der Waals surface area contributed by atoms with Gasteiger partial charge in [-0.3, -0.25) is 14.4 Å². The Kier molecular flexibility index (Phi) is 6.97. The van der Waals surface area contributed by atoms with Gasteiger partial charge in [0.15, 0.2) is 0 Å². The minimum Gasteiger partial charge on any atom is -0.368 e. The molecule has 3 rings (SSSR count). The Morgan fingerprint density at radius 1 is 0.966 bits per heavy atom. The Hall–Kier alpha value is -3.19. The smallest absolute Gasteiger partial charge is 0.255 e. The molecule has 1 heterocycles. The van der Waals surface area contributed by atoms with Crippen LogP contribution in [0.3, 0.4) is 0 Å². The van der Waals surface area contributed by atoms with Crippen LogP contribution in [-0.2, 0) is 9.53 Å². The Morgan fingerprint density at radius 3 is 2.38 bits per heavy atom. The maximum absolute atomic E-state index is 12.3. The van der Waals surface area contributed by atoms with Gasteiger partial charge < -0.3 is 20.7 Å². The van der Waals surface area contributed by atoms with Crippen molar-refractivity contribution in [2.45, 2.75) is 25.9 Å². The van der Waals surface area contributed by atoms with Crippen molar-refractivity contribution in [3.05, 3.63) is 65.2 Å². The summed E-state index contributed by atoms with van der Waals surface area (Å²) in [4.78, 5) is 36.4. The normalized spacial score (nSPS) is 15.6. The first kappa shape index (κ1) is 20.5. The van der Waals surface area contributed by atoms with E-state index < -0.39 is 0 Å². The number of aryl methyl sites for hydroxylation is 1. The third-order valence-electron chi connectivity index (χ3n) is 4.73. The fraction of sp³-hybridized carbons (Fsp3) is 0.318. The number of anilines is 1. The number of nitrogens with one attached hydrogen (secondary N) is 3. The summed E-state index contributed by atoms with van der Waals surface area (Å²) in [6, 6.07) is 14.0. The first-order valence-electron chi connectivity index (χ1n) is 9.69. The largest absolute Gasteiger partial charge is 0.368 e. The van der Waals surface area contributed by atoms with E-state index in [0.717, 1.165) is 18.4 Å². The zero-order valence-electron chi connectivity index (χ0n) is 16.4. The quantitative estimate of drug-likeness (QED) is 0.627. The Balaban J connectivity index is 1.44.